The number of carboxylic acids is 2. The van der Waals surface area contributed by atoms with Crippen LogP contribution in [0.2, 0.25) is 0 Å². The summed E-state index contributed by atoms with van der Waals surface area (Å²) in [6.45, 7) is 5.90. The molecule has 0 aromatic carbocycles. The maximum Gasteiger partial charge on any atom is 0.352 e. The van der Waals surface area contributed by atoms with Gasteiger partial charge in [0.2, 0.25) is 0 Å². The van der Waals surface area contributed by atoms with Gasteiger partial charge in [0.25, 0.3) is 0 Å². The largest absolute Gasteiger partial charge is 0.477 e. The van der Waals surface area contributed by atoms with Gasteiger partial charge in [-0.25, -0.2) is 9.59 Å². The molecule has 0 aromatic heterocycles. The lowest BCUT2D eigenvalue weighted by molar-refractivity contribution is -0.133. The number of carboxylic acid groups (broad SMARTS) is 2. The van der Waals surface area contributed by atoms with Gasteiger partial charge in [0.1, 0.15) is 11.4 Å². The quantitative estimate of drug-likeness (QED) is 0.670. The molecule has 7 heteroatoms. The molecular formula is C13H18N2O5. The Hall–Kier alpha value is -1.86. The summed E-state index contributed by atoms with van der Waals surface area (Å²) in [7, 11) is 0. The third kappa shape index (κ3) is 2.41. The van der Waals surface area contributed by atoms with Crippen LogP contribution in [0.1, 0.15) is 13.8 Å². The number of ether oxygens (including phenoxy) is 1. The summed E-state index contributed by atoms with van der Waals surface area (Å²) in [5.41, 5.74) is -0.325. The molecule has 2 rings (SSSR count). The van der Waals surface area contributed by atoms with E-state index in [1.807, 2.05) is 11.8 Å². The van der Waals surface area contributed by atoms with E-state index >= 15 is 0 Å². The third-order valence-electron chi connectivity index (χ3n) is 3.93. The van der Waals surface area contributed by atoms with Crippen LogP contribution in [0.3, 0.4) is 0 Å². The molecule has 2 heterocycles. The van der Waals surface area contributed by atoms with Crippen molar-refractivity contribution in [2.75, 3.05) is 26.3 Å². The highest BCUT2D eigenvalue weighted by atomic mass is 16.5. The van der Waals surface area contributed by atoms with E-state index < -0.39 is 17.5 Å². The van der Waals surface area contributed by atoms with Crippen LogP contribution in [-0.2, 0) is 14.3 Å². The second kappa shape index (κ2) is 5.26. The second-order valence-electron chi connectivity index (χ2n) is 5.04. The molecule has 0 aromatic rings. The van der Waals surface area contributed by atoms with E-state index in [9.17, 15) is 14.7 Å². The maximum atomic E-state index is 11.3. The summed E-state index contributed by atoms with van der Waals surface area (Å²) in [6.07, 6.45) is 1.57. The zero-order valence-corrected chi connectivity index (χ0v) is 11.5. The Morgan fingerprint density at radius 2 is 1.90 bits per heavy atom. The van der Waals surface area contributed by atoms with Crippen LogP contribution in [0.5, 0.6) is 0 Å². The summed E-state index contributed by atoms with van der Waals surface area (Å²) in [5.74, 6) is -2.33. The number of dihydropyridines is 1. The molecule has 0 spiro atoms. The van der Waals surface area contributed by atoms with E-state index in [-0.39, 0.29) is 11.4 Å². The van der Waals surface area contributed by atoms with Gasteiger partial charge >= 0.3 is 11.9 Å². The fourth-order valence-corrected chi connectivity index (χ4v) is 2.59. The molecule has 1 fully saturated rings. The second-order valence-corrected chi connectivity index (χ2v) is 5.04. The number of nitrogens with one attached hydrogen (secondary N) is 1. The molecule has 0 radical (unpaired) electrons. The molecule has 110 valence electrons. The first-order valence-corrected chi connectivity index (χ1v) is 6.37. The lowest BCUT2D eigenvalue weighted by atomic mass is 9.85. The van der Waals surface area contributed by atoms with Gasteiger partial charge in [-0.1, -0.05) is 0 Å². The summed E-state index contributed by atoms with van der Waals surface area (Å²) in [6, 6.07) is 0. The standard InChI is InChI=1S/C13H18N2O5/c1-8-10(12(18)19)14-9(11(16)17)7-13(8,2)15-3-5-20-6-4-15/h7,14H,3-6H2,1-2H3,(H,16,17)(H,18,19). The maximum absolute atomic E-state index is 11.3. The van der Waals surface area contributed by atoms with Gasteiger partial charge in [-0.2, -0.15) is 0 Å². The van der Waals surface area contributed by atoms with Crippen LogP contribution in [0, 0.1) is 0 Å². The molecule has 0 aliphatic carbocycles. The molecule has 3 N–H and O–H groups in total. The highest BCUT2D eigenvalue weighted by Gasteiger charge is 2.40. The summed E-state index contributed by atoms with van der Waals surface area (Å²) >= 11 is 0. The van der Waals surface area contributed by atoms with Gasteiger partial charge in [-0.15, -0.1) is 0 Å². The zero-order valence-electron chi connectivity index (χ0n) is 11.5. The first kappa shape index (κ1) is 14.5. The van der Waals surface area contributed by atoms with Crippen molar-refractivity contribution >= 4 is 11.9 Å². The lowest BCUT2D eigenvalue weighted by Crippen LogP contribution is -2.54. The molecular weight excluding hydrogens is 264 g/mol. The van der Waals surface area contributed by atoms with Gasteiger partial charge in [0, 0.05) is 13.1 Å². The molecule has 0 bridgehead atoms. The number of carbonyl (C=O) groups is 2. The van der Waals surface area contributed by atoms with E-state index in [0.29, 0.717) is 31.9 Å². The molecule has 7 nitrogen and oxygen atoms in total. The lowest BCUT2D eigenvalue weighted by Gasteiger charge is -2.44. The van der Waals surface area contributed by atoms with Crippen molar-refractivity contribution in [3.05, 3.63) is 23.0 Å². The predicted octanol–water partition coefficient (Wildman–Crippen LogP) is 0.00760. The van der Waals surface area contributed by atoms with Crippen LogP contribution in [0.4, 0.5) is 0 Å². The Bertz CT molecular complexity index is 505. The van der Waals surface area contributed by atoms with Crippen molar-refractivity contribution in [2.24, 2.45) is 0 Å². The van der Waals surface area contributed by atoms with Crippen LogP contribution in [-0.4, -0.2) is 58.9 Å². The molecule has 1 unspecified atom stereocenters. The summed E-state index contributed by atoms with van der Waals surface area (Å²) < 4.78 is 5.29. The van der Waals surface area contributed by atoms with E-state index in [1.165, 1.54) is 0 Å². The van der Waals surface area contributed by atoms with Crippen LogP contribution in [0.15, 0.2) is 23.0 Å². The van der Waals surface area contributed by atoms with E-state index in [1.54, 1.807) is 13.0 Å². The average Bonchev–Trinajstić information content (AvgIpc) is 2.42. The number of rotatable bonds is 3. The van der Waals surface area contributed by atoms with Crippen molar-refractivity contribution in [1.29, 1.82) is 0 Å². The van der Waals surface area contributed by atoms with Crippen LogP contribution < -0.4 is 5.32 Å². The van der Waals surface area contributed by atoms with Crippen LogP contribution >= 0.6 is 0 Å². The number of morpholine rings is 1. The van der Waals surface area contributed by atoms with Gasteiger partial charge < -0.3 is 20.3 Å². The Morgan fingerprint density at radius 3 is 2.40 bits per heavy atom. The highest BCUT2D eigenvalue weighted by molar-refractivity contribution is 5.94. The van der Waals surface area contributed by atoms with E-state index in [4.69, 9.17) is 9.84 Å². The Kier molecular flexibility index (Phi) is 3.82. The van der Waals surface area contributed by atoms with Crippen molar-refractivity contribution in [3.8, 4) is 0 Å². The van der Waals surface area contributed by atoms with Crippen LogP contribution in [0.25, 0.3) is 0 Å². The first-order valence-electron chi connectivity index (χ1n) is 6.37. The molecule has 0 saturated carbocycles. The van der Waals surface area contributed by atoms with Crippen molar-refractivity contribution in [1.82, 2.24) is 10.2 Å². The van der Waals surface area contributed by atoms with E-state index in [2.05, 4.69) is 5.32 Å². The van der Waals surface area contributed by atoms with Gasteiger partial charge in [-0.05, 0) is 25.5 Å². The summed E-state index contributed by atoms with van der Waals surface area (Å²) in [5, 5.41) is 20.9. The molecule has 20 heavy (non-hydrogen) atoms. The molecule has 0 amide bonds. The van der Waals surface area contributed by atoms with Gasteiger partial charge in [-0.3, -0.25) is 4.90 Å². The molecule has 1 atom stereocenters. The SMILES string of the molecule is CC1=C(C(=O)O)NC(C(=O)O)=CC1(C)N1CCOCC1. The Labute approximate surface area is 116 Å². The predicted molar refractivity (Wildman–Crippen MR) is 70.0 cm³/mol. The minimum atomic E-state index is -1.17. The third-order valence-corrected chi connectivity index (χ3v) is 3.93. The van der Waals surface area contributed by atoms with Crippen molar-refractivity contribution in [2.45, 2.75) is 19.4 Å². The van der Waals surface area contributed by atoms with Gasteiger partial charge in [0.15, 0.2) is 0 Å². The Balaban J connectivity index is 2.46. The van der Waals surface area contributed by atoms with E-state index in [0.717, 1.165) is 0 Å². The minimum Gasteiger partial charge on any atom is -0.477 e. The molecule has 2 aliphatic rings. The van der Waals surface area contributed by atoms with Crippen molar-refractivity contribution in [3.63, 3.8) is 0 Å². The number of hydrogen-bond acceptors (Lipinski definition) is 5. The average molecular weight is 282 g/mol. The van der Waals surface area contributed by atoms with Gasteiger partial charge in [0.05, 0.1) is 18.8 Å². The number of hydrogen-bond donors (Lipinski definition) is 3. The fourth-order valence-electron chi connectivity index (χ4n) is 2.59. The van der Waals surface area contributed by atoms with Crippen molar-refractivity contribution < 1.29 is 24.5 Å². The zero-order chi connectivity index (χ0) is 14.9. The highest BCUT2D eigenvalue weighted by Crippen LogP contribution is 2.33. The minimum absolute atomic E-state index is 0.0705. The monoisotopic (exact) mass is 282 g/mol. The molecule has 1 saturated heterocycles. The number of aliphatic carboxylic acids is 2. The number of nitrogens with zero attached hydrogens (tertiary/aromatic N) is 1. The smallest absolute Gasteiger partial charge is 0.352 e. The first-order chi connectivity index (χ1) is 9.36. The fraction of sp³-hybridized carbons (Fsp3) is 0.538. The Morgan fingerprint density at radius 1 is 1.30 bits per heavy atom. The normalized spacial score (nSPS) is 27.8. The topological polar surface area (TPSA) is 99.1 Å². The molecule has 2 aliphatic heterocycles. The summed E-state index contributed by atoms with van der Waals surface area (Å²) in [4.78, 5) is 24.6.